The molecule has 3 rings (SSSR count). The van der Waals surface area contributed by atoms with Crippen molar-refractivity contribution < 1.29 is 9.57 Å². The van der Waals surface area contributed by atoms with E-state index in [1.807, 2.05) is 24.3 Å². The average Bonchev–Trinajstić information content (AvgIpc) is 3.10. The van der Waals surface area contributed by atoms with E-state index in [0.717, 1.165) is 10.2 Å². The lowest BCUT2D eigenvalue weighted by molar-refractivity contribution is 0.214. The quantitative estimate of drug-likeness (QED) is 0.442. The lowest BCUT2D eigenvalue weighted by atomic mass is 10.3. The fraction of sp³-hybridized carbons (Fsp3) is 0.0769. The first-order valence-corrected chi connectivity index (χ1v) is 8.18. The van der Waals surface area contributed by atoms with Crippen LogP contribution < -0.4 is 10.5 Å². The number of nitrogen functional groups attached to an aromatic ring is 1. The summed E-state index contributed by atoms with van der Waals surface area (Å²) in [7, 11) is 1.43. The number of ether oxygens (including phenoxy) is 1. The highest BCUT2D eigenvalue weighted by atomic mass is 32.1. The van der Waals surface area contributed by atoms with Gasteiger partial charge in [-0.1, -0.05) is 28.6 Å². The van der Waals surface area contributed by atoms with E-state index in [0.29, 0.717) is 21.7 Å². The fourth-order valence-electron chi connectivity index (χ4n) is 1.70. The summed E-state index contributed by atoms with van der Waals surface area (Å²) >= 11 is 7.97. The van der Waals surface area contributed by atoms with Gasteiger partial charge in [-0.05, 0) is 24.4 Å². The molecule has 0 aliphatic rings. The standard InChI is InChI=1S/C13H10N4O2S3/c1-18-17-10(8-6-21-12(14)15-8)11(20)19-13-16-7-4-2-3-5-9(7)22-13/h2-6H,1H3,(H2,14,15). The molecule has 2 heterocycles. The molecule has 6 nitrogen and oxygen atoms in total. The number of hydrogen-bond acceptors (Lipinski definition) is 9. The van der Waals surface area contributed by atoms with E-state index in [9.17, 15) is 0 Å². The van der Waals surface area contributed by atoms with Gasteiger partial charge in [0.15, 0.2) is 10.8 Å². The van der Waals surface area contributed by atoms with E-state index in [1.165, 1.54) is 29.8 Å². The van der Waals surface area contributed by atoms with Crippen molar-refractivity contribution in [2.24, 2.45) is 5.16 Å². The van der Waals surface area contributed by atoms with Crippen molar-refractivity contribution in [3.8, 4) is 5.19 Å². The van der Waals surface area contributed by atoms with Crippen molar-refractivity contribution in [2.75, 3.05) is 12.8 Å². The van der Waals surface area contributed by atoms with Gasteiger partial charge in [0.1, 0.15) is 12.8 Å². The lowest BCUT2D eigenvalue weighted by Crippen LogP contribution is -2.20. The van der Waals surface area contributed by atoms with Crippen molar-refractivity contribution in [1.82, 2.24) is 9.97 Å². The van der Waals surface area contributed by atoms with Crippen molar-refractivity contribution in [3.63, 3.8) is 0 Å². The Bertz CT molecular complexity index is 823. The van der Waals surface area contributed by atoms with E-state index in [-0.39, 0.29) is 5.05 Å². The van der Waals surface area contributed by atoms with Crippen molar-refractivity contribution in [3.05, 3.63) is 35.3 Å². The van der Waals surface area contributed by atoms with Crippen LogP contribution in [0.4, 0.5) is 5.13 Å². The SMILES string of the molecule is CON=C(C(=S)Oc1nc2ccccc2s1)c1csc(N)n1. The number of aromatic nitrogens is 2. The van der Waals surface area contributed by atoms with Gasteiger partial charge in [-0.3, -0.25) is 0 Å². The zero-order valence-electron chi connectivity index (χ0n) is 11.3. The summed E-state index contributed by atoms with van der Waals surface area (Å²) in [6.45, 7) is 0. The number of fused-ring (bicyclic) bond motifs is 1. The van der Waals surface area contributed by atoms with Gasteiger partial charge in [-0.15, -0.1) is 11.3 Å². The molecule has 0 spiro atoms. The van der Waals surface area contributed by atoms with Crippen LogP contribution in [0.1, 0.15) is 5.69 Å². The predicted octanol–water partition coefficient (Wildman–Crippen LogP) is 3.09. The number of hydrogen-bond donors (Lipinski definition) is 1. The molecule has 0 atom stereocenters. The molecule has 0 radical (unpaired) electrons. The highest BCUT2D eigenvalue weighted by molar-refractivity contribution is 7.81. The molecule has 2 N–H and O–H groups in total. The van der Waals surface area contributed by atoms with Crippen molar-refractivity contribution in [2.45, 2.75) is 0 Å². The molecule has 0 saturated carbocycles. The van der Waals surface area contributed by atoms with Gasteiger partial charge in [-0.2, -0.15) is 0 Å². The highest BCUT2D eigenvalue weighted by Crippen LogP contribution is 2.28. The van der Waals surface area contributed by atoms with Crippen LogP contribution in [0.15, 0.2) is 34.8 Å². The second-order valence-electron chi connectivity index (χ2n) is 4.03. The Morgan fingerprint density at radius 1 is 1.32 bits per heavy atom. The van der Waals surface area contributed by atoms with E-state index in [2.05, 4.69) is 15.1 Å². The lowest BCUT2D eigenvalue weighted by Gasteiger charge is -2.04. The zero-order chi connectivity index (χ0) is 15.5. The monoisotopic (exact) mass is 350 g/mol. The number of thiocarbonyl (C=S) groups is 1. The number of benzene rings is 1. The van der Waals surface area contributed by atoms with Crippen LogP contribution in [0.25, 0.3) is 10.2 Å². The number of rotatable bonds is 4. The highest BCUT2D eigenvalue weighted by Gasteiger charge is 2.18. The Labute approximate surface area is 139 Å². The molecular weight excluding hydrogens is 340 g/mol. The first-order valence-electron chi connectivity index (χ1n) is 6.07. The number of anilines is 1. The normalized spacial score (nSPS) is 11.6. The van der Waals surface area contributed by atoms with Gasteiger partial charge in [0.05, 0.1) is 10.2 Å². The molecule has 0 unspecified atom stereocenters. The summed E-state index contributed by atoms with van der Waals surface area (Å²) in [6.07, 6.45) is 0. The first kappa shape index (κ1) is 14.8. The van der Waals surface area contributed by atoms with E-state index in [1.54, 1.807) is 5.38 Å². The van der Waals surface area contributed by atoms with Gasteiger partial charge in [0, 0.05) is 5.38 Å². The molecular formula is C13H10N4O2S3. The predicted molar refractivity (Wildman–Crippen MR) is 92.9 cm³/mol. The van der Waals surface area contributed by atoms with Gasteiger partial charge in [0.2, 0.25) is 5.05 Å². The third kappa shape index (κ3) is 3.06. The van der Waals surface area contributed by atoms with Gasteiger partial charge in [-0.25, -0.2) is 9.97 Å². The molecule has 2 aromatic heterocycles. The molecule has 22 heavy (non-hydrogen) atoms. The molecule has 0 fully saturated rings. The molecule has 112 valence electrons. The van der Waals surface area contributed by atoms with Crippen LogP contribution in [-0.2, 0) is 4.84 Å². The summed E-state index contributed by atoms with van der Waals surface area (Å²) in [4.78, 5) is 13.3. The molecule has 9 heteroatoms. The summed E-state index contributed by atoms with van der Waals surface area (Å²) in [5.74, 6) is 0. The van der Waals surface area contributed by atoms with Crippen molar-refractivity contribution >= 4 is 61.0 Å². The third-order valence-corrected chi connectivity index (χ3v) is 4.46. The maximum atomic E-state index is 5.63. The number of para-hydroxylation sites is 1. The van der Waals surface area contributed by atoms with Crippen LogP contribution in [0.2, 0.25) is 0 Å². The van der Waals surface area contributed by atoms with Crippen LogP contribution >= 0.6 is 34.9 Å². The van der Waals surface area contributed by atoms with Gasteiger partial charge >= 0.3 is 0 Å². The minimum atomic E-state index is 0.131. The Morgan fingerprint density at radius 2 is 2.14 bits per heavy atom. The smallest absolute Gasteiger partial charge is 0.280 e. The molecule has 1 aromatic carbocycles. The third-order valence-electron chi connectivity index (χ3n) is 2.59. The molecule has 0 saturated heterocycles. The molecule has 3 aromatic rings. The average molecular weight is 350 g/mol. The maximum Gasteiger partial charge on any atom is 0.280 e. The number of oxime groups is 1. The second kappa shape index (κ2) is 6.34. The maximum absolute atomic E-state index is 5.63. The molecule has 0 aliphatic heterocycles. The van der Waals surface area contributed by atoms with E-state index >= 15 is 0 Å². The van der Waals surface area contributed by atoms with Crippen molar-refractivity contribution in [1.29, 1.82) is 0 Å². The Kier molecular flexibility index (Phi) is 4.27. The van der Waals surface area contributed by atoms with Crippen LogP contribution in [0.5, 0.6) is 5.19 Å². The van der Waals surface area contributed by atoms with Crippen LogP contribution in [-0.4, -0.2) is 27.8 Å². The summed E-state index contributed by atoms with van der Waals surface area (Å²) in [5.41, 5.74) is 7.31. The Morgan fingerprint density at radius 3 is 2.82 bits per heavy atom. The minimum Gasteiger partial charge on any atom is -0.416 e. The van der Waals surface area contributed by atoms with Crippen LogP contribution in [0.3, 0.4) is 0 Å². The topological polar surface area (TPSA) is 82.6 Å². The second-order valence-corrected chi connectivity index (χ2v) is 6.28. The Hall–Kier alpha value is -2.10. The number of thiazole rings is 2. The molecule has 0 aliphatic carbocycles. The molecule has 0 amide bonds. The first-order chi connectivity index (χ1) is 10.7. The van der Waals surface area contributed by atoms with Gasteiger partial charge < -0.3 is 15.3 Å². The fourth-order valence-corrected chi connectivity index (χ4v) is 3.34. The van der Waals surface area contributed by atoms with Gasteiger partial charge in [0.25, 0.3) is 5.19 Å². The summed E-state index contributed by atoms with van der Waals surface area (Å²) in [6, 6.07) is 7.74. The van der Waals surface area contributed by atoms with E-state index in [4.69, 9.17) is 27.5 Å². The Balaban J connectivity index is 1.86. The minimum absolute atomic E-state index is 0.131. The summed E-state index contributed by atoms with van der Waals surface area (Å²) in [5, 5.41) is 6.60. The van der Waals surface area contributed by atoms with Crippen LogP contribution in [0, 0.1) is 0 Å². The molecule has 0 bridgehead atoms. The largest absolute Gasteiger partial charge is 0.416 e. The van der Waals surface area contributed by atoms with E-state index < -0.39 is 0 Å². The number of nitrogens with two attached hydrogens (primary N) is 1. The zero-order valence-corrected chi connectivity index (χ0v) is 13.8. The number of nitrogens with zero attached hydrogens (tertiary/aromatic N) is 3. The summed E-state index contributed by atoms with van der Waals surface area (Å²) < 4.78 is 6.65.